The lowest BCUT2D eigenvalue weighted by atomic mass is 10.2. The van der Waals surface area contributed by atoms with E-state index in [1.165, 1.54) is 14.0 Å². The molecule has 0 amide bonds. The van der Waals surface area contributed by atoms with Gasteiger partial charge in [-0.25, -0.2) is 0 Å². The Bertz CT molecular complexity index is 536. The molecule has 0 spiro atoms. The van der Waals surface area contributed by atoms with Crippen LogP contribution in [-0.4, -0.2) is 18.1 Å². The van der Waals surface area contributed by atoms with Gasteiger partial charge in [0.2, 0.25) is 10.9 Å². The van der Waals surface area contributed by atoms with E-state index in [-0.39, 0.29) is 10.9 Å². The molecule has 1 aliphatic rings. The fraction of sp³-hybridized carbons (Fsp3) is 0.200. The monoisotopic (exact) mass is 307 g/mol. The van der Waals surface area contributed by atoms with Crippen molar-refractivity contribution in [2.24, 2.45) is 4.40 Å². The average Bonchev–Trinajstić information content (AvgIpc) is 2.68. The molecule has 1 aromatic rings. The van der Waals surface area contributed by atoms with Crippen LogP contribution in [0.15, 0.2) is 28.7 Å². The SMILES string of the molecule is COc1ccc(C2=S(O[Cl+3]([O-])([O-])[O-])N=C(C)O2)cc1. The van der Waals surface area contributed by atoms with Crippen LogP contribution in [0.2, 0.25) is 0 Å². The first kappa shape index (κ1) is 14.3. The first-order valence-electron chi connectivity index (χ1n) is 4.99. The van der Waals surface area contributed by atoms with Crippen molar-refractivity contribution in [3.63, 3.8) is 0 Å². The number of rotatable bonds is 4. The van der Waals surface area contributed by atoms with Crippen molar-refractivity contribution in [3.05, 3.63) is 29.8 Å². The maximum absolute atomic E-state index is 10.6. The summed E-state index contributed by atoms with van der Waals surface area (Å²) in [6.45, 7) is 1.54. The lowest BCUT2D eigenvalue weighted by Crippen LogP contribution is -2.60. The maximum Gasteiger partial charge on any atom is 0.274 e. The molecule has 0 N–H and O–H groups in total. The number of benzene rings is 1. The van der Waals surface area contributed by atoms with Crippen molar-refractivity contribution in [2.75, 3.05) is 7.11 Å². The Morgan fingerprint density at radius 3 is 2.37 bits per heavy atom. The zero-order valence-corrected chi connectivity index (χ0v) is 11.6. The molecule has 0 saturated carbocycles. The predicted octanol–water partition coefficient (Wildman–Crippen LogP) is -1.37. The predicted molar refractivity (Wildman–Crippen MR) is 60.0 cm³/mol. The summed E-state index contributed by atoms with van der Waals surface area (Å²) in [7, 11) is -4.64. The van der Waals surface area contributed by atoms with Crippen molar-refractivity contribution in [1.82, 2.24) is 0 Å². The van der Waals surface area contributed by atoms with Gasteiger partial charge in [-0.15, -0.1) is 4.40 Å². The zero-order chi connectivity index (χ0) is 14.0. The zero-order valence-electron chi connectivity index (χ0n) is 9.99. The Kier molecular flexibility index (Phi) is 4.09. The smallest absolute Gasteiger partial charge is 0.274 e. The van der Waals surface area contributed by atoms with Crippen LogP contribution >= 0.6 is 11.0 Å². The summed E-state index contributed by atoms with van der Waals surface area (Å²) in [6.07, 6.45) is 0. The molecular weight excluding hydrogens is 298 g/mol. The number of methoxy groups -OCH3 is 1. The van der Waals surface area contributed by atoms with Crippen molar-refractivity contribution in [2.45, 2.75) is 6.92 Å². The van der Waals surface area contributed by atoms with E-state index in [9.17, 15) is 14.0 Å². The van der Waals surface area contributed by atoms with E-state index in [2.05, 4.69) is 8.13 Å². The van der Waals surface area contributed by atoms with Gasteiger partial charge in [-0.05, 0) is 24.3 Å². The molecule has 1 heterocycles. The third kappa shape index (κ3) is 3.66. The highest BCUT2D eigenvalue weighted by Gasteiger charge is 2.31. The van der Waals surface area contributed by atoms with Crippen LogP contribution in [-0.2, 0) is 8.47 Å². The standard InChI is InChI=1S/C10H10ClNO6S/c1-7-12-19(18-11(13,14)15)10(17-7)8-3-5-9(16-2)6-4-8/h3-6H,1-2H3. The fourth-order valence-corrected chi connectivity index (χ4v) is 3.16. The van der Waals surface area contributed by atoms with Gasteiger partial charge in [0.25, 0.3) is 11.0 Å². The van der Waals surface area contributed by atoms with E-state index in [1.807, 2.05) is 0 Å². The third-order valence-electron chi connectivity index (χ3n) is 2.07. The van der Waals surface area contributed by atoms with Crippen LogP contribution < -0.4 is 18.7 Å². The summed E-state index contributed by atoms with van der Waals surface area (Å²) in [5, 5.41) is 0.173. The van der Waals surface area contributed by atoms with Crippen molar-refractivity contribution < 1.29 is 37.4 Å². The molecule has 0 aliphatic carbocycles. The topological polar surface area (TPSA) is 109 Å². The Balaban J connectivity index is 2.32. The molecule has 1 aliphatic heterocycles. The summed E-state index contributed by atoms with van der Waals surface area (Å²) >= 11 is 0. The third-order valence-corrected chi connectivity index (χ3v) is 4.23. The average molecular weight is 308 g/mol. The quantitative estimate of drug-likeness (QED) is 0.635. The van der Waals surface area contributed by atoms with E-state index in [4.69, 9.17) is 9.47 Å². The van der Waals surface area contributed by atoms with Gasteiger partial charge in [0.05, 0.1) is 17.4 Å². The lowest BCUT2D eigenvalue weighted by molar-refractivity contribution is -1.91. The molecule has 1 atom stereocenters. The van der Waals surface area contributed by atoms with E-state index < -0.39 is 21.2 Å². The molecule has 0 bridgehead atoms. The van der Waals surface area contributed by atoms with Gasteiger partial charge in [-0.2, -0.15) is 14.0 Å². The van der Waals surface area contributed by atoms with Crippen molar-refractivity contribution in [3.8, 4) is 5.75 Å². The van der Waals surface area contributed by atoms with Crippen LogP contribution in [0.4, 0.5) is 0 Å². The minimum Gasteiger partial charge on any atom is -0.497 e. The summed E-state index contributed by atoms with van der Waals surface area (Å²) in [5.41, 5.74) is 0.559. The first-order chi connectivity index (χ1) is 8.89. The Morgan fingerprint density at radius 2 is 1.84 bits per heavy atom. The second kappa shape index (κ2) is 5.45. The van der Waals surface area contributed by atoms with E-state index >= 15 is 0 Å². The summed E-state index contributed by atoms with van der Waals surface area (Å²) in [4.78, 5) is 0. The molecule has 0 fully saturated rings. The number of hydrogen-bond donors (Lipinski definition) is 0. The van der Waals surface area contributed by atoms with Gasteiger partial charge in [-0.3, -0.25) is 0 Å². The molecule has 2 rings (SSSR count). The molecule has 104 valence electrons. The highest BCUT2D eigenvalue weighted by Crippen LogP contribution is 2.31. The van der Waals surface area contributed by atoms with E-state index in [0.29, 0.717) is 11.3 Å². The molecule has 1 aromatic carbocycles. The summed E-state index contributed by atoms with van der Waals surface area (Å²) < 4.78 is 50.3. The van der Waals surface area contributed by atoms with E-state index in [0.717, 1.165) is 0 Å². The van der Waals surface area contributed by atoms with E-state index in [1.54, 1.807) is 24.3 Å². The van der Waals surface area contributed by atoms with Crippen LogP contribution in [0, 0.1) is 10.2 Å². The molecule has 19 heavy (non-hydrogen) atoms. The fourth-order valence-electron chi connectivity index (χ4n) is 1.35. The normalized spacial score (nSPS) is 19.1. The van der Waals surface area contributed by atoms with Crippen LogP contribution in [0.1, 0.15) is 12.5 Å². The number of halogens is 1. The van der Waals surface area contributed by atoms with Crippen LogP contribution in [0.3, 0.4) is 0 Å². The molecule has 1 unspecified atom stereocenters. The molecule has 9 heteroatoms. The number of hydrogen-bond acceptors (Lipinski definition) is 7. The van der Waals surface area contributed by atoms with Gasteiger partial charge in [-0.1, -0.05) is 0 Å². The maximum atomic E-state index is 10.6. The lowest BCUT2D eigenvalue weighted by Gasteiger charge is -2.11. The molecule has 0 radical (unpaired) electrons. The van der Waals surface area contributed by atoms with Crippen molar-refractivity contribution >= 4 is 21.9 Å². The molecular formula is C10H10ClNO6S. The highest BCUT2D eigenvalue weighted by atomic mass is 35.7. The second-order valence-corrected chi connectivity index (χ2v) is 5.73. The summed E-state index contributed by atoms with van der Waals surface area (Å²) in [5.74, 6) is 0.864. The number of nitrogens with zero attached hydrogens (tertiary/aromatic N) is 1. The Hall–Kier alpha value is -1.16. The largest absolute Gasteiger partial charge is 0.497 e. The molecule has 0 aromatic heterocycles. The molecule has 7 nitrogen and oxygen atoms in total. The van der Waals surface area contributed by atoms with Gasteiger partial charge in [0.1, 0.15) is 5.75 Å². The Labute approximate surface area is 114 Å². The van der Waals surface area contributed by atoms with Crippen LogP contribution in [0.25, 0.3) is 0 Å². The van der Waals surface area contributed by atoms with Gasteiger partial charge in [0.15, 0.2) is 3.74 Å². The first-order valence-corrected chi connectivity index (χ1v) is 7.33. The second-order valence-electron chi connectivity index (χ2n) is 3.42. The van der Waals surface area contributed by atoms with Gasteiger partial charge < -0.3 is 9.47 Å². The van der Waals surface area contributed by atoms with Crippen molar-refractivity contribution in [1.29, 1.82) is 0 Å². The summed E-state index contributed by atoms with van der Waals surface area (Å²) in [6, 6.07) is 6.65. The highest BCUT2D eigenvalue weighted by molar-refractivity contribution is 8.11. The van der Waals surface area contributed by atoms with Crippen LogP contribution in [0.5, 0.6) is 5.75 Å². The van der Waals surface area contributed by atoms with Gasteiger partial charge in [0, 0.05) is 12.5 Å². The molecule has 0 saturated heterocycles. The number of ether oxygens (including phenoxy) is 2. The minimum atomic E-state index is -4.58. The minimum absolute atomic E-state index is 0.173. The Morgan fingerprint density at radius 1 is 1.21 bits per heavy atom. The van der Waals surface area contributed by atoms with Gasteiger partial charge >= 0.3 is 0 Å².